The molecule has 0 bridgehead atoms. The van der Waals surface area contributed by atoms with E-state index in [2.05, 4.69) is 11.6 Å². The van der Waals surface area contributed by atoms with Crippen molar-refractivity contribution in [1.29, 1.82) is 0 Å². The first-order chi connectivity index (χ1) is 7.72. The summed E-state index contributed by atoms with van der Waals surface area (Å²) in [6.45, 7) is 6.39. The van der Waals surface area contributed by atoms with Crippen LogP contribution < -0.4 is 15.4 Å². The van der Waals surface area contributed by atoms with Gasteiger partial charge >= 0.3 is 0 Å². The molecule has 0 radical (unpaired) electrons. The van der Waals surface area contributed by atoms with Gasteiger partial charge in [0.15, 0.2) is 0 Å². The number of nitrogens with two attached hydrogens (primary N) is 1. The van der Waals surface area contributed by atoms with Crippen LogP contribution in [-0.2, 0) is 0 Å². The van der Waals surface area contributed by atoms with Gasteiger partial charge in [-0.3, -0.25) is 0 Å². The van der Waals surface area contributed by atoms with Crippen LogP contribution in [0.3, 0.4) is 0 Å². The average Bonchev–Trinajstić information content (AvgIpc) is 2.32. The van der Waals surface area contributed by atoms with Crippen molar-refractivity contribution in [1.82, 2.24) is 0 Å². The number of nitrogens with zero attached hydrogens (tertiary/aromatic N) is 2. The number of benzene rings is 1. The van der Waals surface area contributed by atoms with Gasteiger partial charge in [-0.25, -0.2) is 4.99 Å². The van der Waals surface area contributed by atoms with Crippen molar-refractivity contribution in [3.8, 4) is 5.75 Å². The van der Waals surface area contributed by atoms with Crippen LogP contribution in [0.15, 0.2) is 36.0 Å². The monoisotopic (exact) mass is 219 g/mol. The zero-order chi connectivity index (χ0) is 12.0. The molecule has 0 aliphatic heterocycles. The molecule has 86 valence electrons. The number of anilines is 2. The van der Waals surface area contributed by atoms with Crippen molar-refractivity contribution in [2.45, 2.75) is 6.92 Å². The molecule has 0 aliphatic carbocycles. The summed E-state index contributed by atoms with van der Waals surface area (Å²) in [6, 6.07) is 5.63. The highest BCUT2D eigenvalue weighted by Gasteiger charge is 2.05. The number of rotatable bonds is 5. The maximum Gasteiger partial charge on any atom is 0.143 e. The smallest absolute Gasteiger partial charge is 0.143 e. The van der Waals surface area contributed by atoms with Crippen LogP contribution in [0.4, 0.5) is 11.4 Å². The molecule has 0 heterocycles. The molecule has 1 aromatic carbocycles. The highest BCUT2D eigenvalue weighted by molar-refractivity contribution is 5.81. The Labute approximate surface area is 96.0 Å². The average molecular weight is 219 g/mol. The van der Waals surface area contributed by atoms with E-state index in [0.29, 0.717) is 11.4 Å². The van der Waals surface area contributed by atoms with E-state index in [4.69, 9.17) is 10.5 Å². The zero-order valence-corrected chi connectivity index (χ0v) is 9.68. The number of hydrogen-bond donors (Lipinski definition) is 1. The highest BCUT2D eigenvalue weighted by atomic mass is 16.5. The Kier molecular flexibility index (Phi) is 4.39. The van der Waals surface area contributed by atoms with E-state index in [1.165, 1.54) is 6.20 Å². The predicted octanol–water partition coefficient (Wildman–Crippen LogP) is 2.28. The van der Waals surface area contributed by atoms with Crippen molar-refractivity contribution in [3.05, 3.63) is 31.0 Å². The van der Waals surface area contributed by atoms with Gasteiger partial charge in [-0.05, 0) is 19.1 Å². The topological polar surface area (TPSA) is 50.8 Å². The Bertz CT molecular complexity index is 388. The van der Waals surface area contributed by atoms with Gasteiger partial charge in [0.1, 0.15) is 5.75 Å². The normalized spacial score (nSPS) is 10.4. The zero-order valence-electron chi connectivity index (χ0n) is 9.68. The van der Waals surface area contributed by atoms with Crippen LogP contribution in [0.25, 0.3) is 0 Å². The van der Waals surface area contributed by atoms with Crippen molar-refractivity contribution in [2.75, 3.05) is 24.3 Å². The fourth-order valence-corrected chi connectivity index (χ4v) is 1.34. The summed E-state index contributed by atoms with van der Waals surface area (Å²) in [5.74, 6) is 0.669. The van der Waals surface area contributed by atoms with E-state index in [9.17, 15) is 0 Å². The Balaban J connectivity index is 3.01. The molecule has 4 heteroatoms. The number of aliphatic imine (C=N–C) groups is 1. The third-order valence-corrected chi connectivity index (χ3v) is 2.20. The fraction of sp³-hybridized carbons (Fsp3) is 0.250. The third-order valence-electron chi connectivity index (χ3n) is 2.20. The molecule has 16 heavy (non-hydrogen) atoms. The standard InChI is InChI=1S/C12H17N3O/c1-4-14-9-15(5-2)10-6-7-11(13)12(8-10)16-3/h4,6-9H,1,5,13H2,2-3H3. The summed E-state index contributed by atoms with van der Waals surface area (Å²) >= 11 is 0. The van der Waals surface area contributed by atoms with Gasteiger partial charge in [0.05, 0.1) is 19.1 Å². The van der Waals surface area contributed by atoms with Crippen LogP contribution in [0.2, 0.25) is 0 Å². The molecule has 0 spiro atoms. The Morgan fingerprint density at radius 3 is 2.88 bits per heavy atom. The van der Waals surface area contributed by atoms with Crippen molar-refractivity contribution in [2.24, 2.45) is 4.99 Å². The van der Waals surface area contributed by atoms with E-state index in [1.807, 2.05) is 30.0 Å². The number of nitrogen functional groups attached to an aromatic ring is 1. The molecule has 0 aromatic heterocycles. The van der Waals surface area contributed by atoms with Gasteiger partial charge in [-0.15, -0.1) is 0 Å². The molecular weight excluding hydrogens is 202 g/mol. The number of hydrogen-bond acceptors (Lipinski definition) is 3. The molecule has 0 saturated heterocycles. The molecule has 1 rings (SSSR count). The van der Waals surface area contributed by atoms with Crippen molar-refractivity contribution in [3.63, 3.8) is 0 Å². The van der Waals surface area contributed by atoms with Crippen LogP contribution in [0.5, 0.6) is 5.75 Å². The minimum Gasteiger partial charge on any atom is -0.495 e. The van der Waals surface area contributed by atoms with E-state index in [0.717, 1.165) is 12.2 Å². The van der Waals surface area contributed by atoms with Crippen LogP contribution in [0.1, 0.15) is 6.92 Å². The van der Waals surface area contributed by atoms with E-state index in [1.54, 1.807) is 13.4 Å². The lowest BCUT2D eigenvalue weighted by atomic mass is 10.2. The third kappa shape index (κ3) is 2.76. The lowest BCUT2D eigenvalue weighted by molar-refractivity contribution is 0.417. The fourth-order valence-electron chi connectivity index (χ4n) is 1.34. The van der Waals surface area contributed by atoms with Gasteiger partial charge in [0.25, 0.3) is 0 Å². The van der Waals surface area contributed by atoms with Gasteiger partial charge < -0.3 is 15.4 Å². The summed E-state index contributed by atoms with van der Waals surface area (Å²) < 4.78 is 5.17. The summed E-state index contributed by atoms with van der Waals surface area (Å²) in [7, 11) is 1.60. The van der Waals surface area contributed by atoms with Crippen LogP contribution >= 0.6 is 0 Å². The van der Waals surface area contributed by atoms with E-state index in [-0.39, 0.29) is 0 Å². The molecule has 0 atom stereocenters. The molecule has 0 unspecified atom stereocenters. The maximum atomic E-state index is 5.75. The first kappa shape index (κ1) is 12.1. The predicted molar refractivity (Wildman–Crippen MR) is 69.1 cm³/mol. The molecular formula is C12H17N3O. The lowest BCUT2D eigenvalue weighted by Gasteiger charge is -2.18. The molecule has 0 fully saturated rings. The molecule has 0 aliphatic rings. The first-order valence-corrected chi connectivity index (χ1v) is 5.07. The van der Waals surface area contributed by atoms with E-state index >= 15 is 0 Å². The lowest BCUT2D eigenvalue weighted by Crippen LogP contribution is -2.20. The molecule has 4 nitrogen and oxygen atoms in total. The van der Waals surface area contributed by atoms with E-state index < -0.39 is 0 Å². The summed E-state index contributed by atoms with van der Waals surface area (Å²) in [5, 5.41) is 0. The van der Waals surface area contributed by atoms with Crippen LogP contribution in [0, 0.1) is 0 Å². The summed E-state index contributed by atoms with van der Waals surface area (Å²) in [4.78, 5) is 5.97. The summed E-state index contributed by atoms with van der Waals surface area (Å²) in [6.07, 6.45) is 3.22. The highest BCUT2D eigenvalue weighted by Crippen LogP contribution is 2.26. The first-order valence-electron chi connectivity index (χ1n) is 5.07. The second-order valence-electron chi connectivity index (χ2n) is 3.16. The minimum absolute atomic E-state index is 0.628. The number of methoxy groups -OCH3 is 1. The van der Waals surface area contributed by atoms with Gasteiger partial charge in [-0.2, -0.15) is 0 Å². The summed E-state index contributed by atoms with van der Waals surface area (Å²) in [5.41, 5.74) is 7.36. The van der Waals surface area contributed by atoms with Crippen molar-refractivity contribution < 1.29 is 4.74 Å². The Morgan fingerprint density at radius 1 is 1.56 bits per heavy atom. The largest absolute Gasteiger partial charge is 0.495 e. The Hall–Kier alpha value is -1.97. The quantitative estimate of drug-likeness (QED) is 0.469. The molecule has 0 amide bonds. The molecule has 0 saturated carbocycles. The molecule has 1 aromatic rings. The molecule has 2 N–H and O–H groups in total. The maximum absolute atomic E-state index is 5.75. The second kappa shape index (κ2) is 5.80. The SMILES string of the molecule is C=CN=CN(CC)c1ccc(N)c(OC)c1. The van der Waals surface area contributed by atoms with Crippen LogP contribution in [-0.4, -0.2) is 20.0 Å². The minimum atomic E-state index is 0.628. The van der Waals surface area contributed by atoms with Crippen molar-refractivity contribution >= 4 is 17.7 Å². The van der Waals surface area contributed by atoms with Gasteiger partial charge in [0.2, 0.25) is 0 Å². The van der Waals surface area contributed by atoms with Gasteiger partial charge in [-0.1, -0.05) is 6.58 Å². The number of ether oxygens (including phenoxy) is 1. The van der Waals surface area contributed by atoms with Gasteiger partial charge in [0, 0.05) is 24.5 Å². The second-order valence-corrected chi connectivity index (χ2v) is 3.16. The Morgan fingerprint density at radius 2 is 2.31 bits per heavy atom.